The summed E-state index contributed by atoms with van der Waals surface area (Å²) in [5.41, 5.74) is 5.36. The van der Waals surface area contributed by atoms with E-state index in [4.69, 9.17) is 24.4 Å². The quantitative estimate of drug-likeness (QED) is 0.539. The second kappa shape index (κ2) is 9.08. The average molecular weight is 433 g/mol. The Bertz CT molecular complexity index is 1320. The van der Waals surface area contributed by atoms with E-state index < -0.39 is 0 Å². The molecule has 0 fully saturated rings. The van der Waals surface area contributed by atoms with E-state index >= 15 is 0 Å². The first kappa shape index (κ1) is 21.5. The molecule has 0 amide bonds. The normalized spacial score (nSPS) is 10.4. The number of rotatable bonds is 5. The van der Waals surface area contributed by atoms with Gasteiger partial charge in [-0.15, -0.1) is 0 Å². The lowest BCUT2D eigenvalue weighted by Crippen LogP contribution is -2.05. The fraction of sp³-hybridized carbons (Fsp3) is 0.273. The van der Waals surface area contributed by atoms with Crippen molar-refractivity contribution in [3.05, 3.63) is 66.9 Å². The molecule has 8 heteroatoms. The molecule has 3 aromatic rings. The maximum atomic E-state index is 9.55. The third-order valence-electron chi connectivity index (χ3n) is 4.81. The van der Waals surface area contributed by atoms with Gasteiger partial charge in [0.15, 0.2) is 0 Å². The fourth-order valence-electron chi connectivity index (χ4n) is 3.39. The minimum atomic E-state index is 0.281. The van der Waals surface area contributed by atoms with Gasteiger partial charge in [-0.1, -0.05) is 49.9 Å². The highest BCUT2D eigenvalue weighted by atomic mass is 32.1. The largest absolute Gasteiger partial charge is 0.346 e. The predicted octanol–water partition coefficient (Wildman–Crippen LogP) is 5.16. The van der Waals surface area contributed by atoms with E-state index in [9.17, 15) is 10.5 Å². The molecule has 0 atom stereocenters. The Balaban J connectivity index is 2.14. The van der Waals surface area contributed by atoms with E-state index in [0.29, 0.717) is 39.5 Å². The summed E-state index contributed by atoms with van der Waals surface area (Å²) >= 11 is 10.6. The van der Waals surface area contributed by atoms with Gasteiger partial charge in [-0.25, -0.2) is 9.97 Å². The number of hydrogen-bond acceptors (Lipinski definition) is 6. The summed E-state index contributed by atoms with van der Waals surface area (Å²) < 4.78 is 0.592. The summed E-state index contributed by atoms with van der Waals surface area (Å²) in [6.07, 6.45) is 2.44. The van der Waals surface area contributed by atoms with Crippen molar-refractivity contribution < 1.29 is 0 Å². The number of nitrogens with one attached hydrogen (secondary N) is 2. The molecule has 0 saturated carbocycles. The maximum absolute atomic E-state index is 9.55. The van der Waals surface area contributed by atoms with E-state index in [1.54, 1.807) is 0 Å². The Hall–Kier alpha value is -3.20. The molecule has 0 spiro atoms. The number of H-pyrrole nitrogens is 2. The SMILES string of the molecule is CCCc1ccc(-c2nc(=S)c(C#N)c(C)[nH]2)cc1Cc1[nH]c(C)nc(=S)c1C#N. The first-order chi connectivity index (χ1) is 14.4. The molecule has 2 aromatic heterocycles. The molecule has 3 rings (SSSR count). The number of hydrogen-bond donors (Lipinski definition) is 2. The van der Waals surface area contributed by atoms with Crippen LogP contribution in [-0.4, -0.2) is 19.9 Å². The van der Waals surface area contributed by atoms with Crippen molar-refractivity contribution >= 4 is 24.4 Å². The molecular weight excluding hydrogens is 412 g/mol. The van der Waals surface area contributed by atoms with Gasteiger partial charge in [-0.3, -0.25) is 0 Å². The summed E-state index contributed by atoms with van der Waals surface area (Å²) in [5.74, 6) is 1.29. The van der Waals surface area contributed by atoms with E-state index in [2.05, 4.69) is 51.1 Å². The Morgan fingerprint density at radius 1 is 0.967 bits per heavy atom. The predicted molar refractivity (Wildman–Crippen MR) is 120 cm³/mol. The zero-order valence-corrected chi connectivity index (χ0v) is 18.6. The lowest BCUT2D eigenvalue weighted by molar-refractivity contribution is 0.889. The van der Waals surface area contributed by atoms with Crippen LogP contribution in [-0.2, 0) is 12.8 Å². The van der Waals surface area contributed by atoms with Crippen LogP contribution in [0.1, 0.15) is 52.8 Å². The lowest BCUT2D eigenvalue weighted by atomic mass is 9.95. The topological polar surface area (TPSA) is 105 Å². The number of aromatic amines is 2. The maximum Gasteiger partial charge on any atom is 0.148 e. The van der Waals surface area contributed by atoms with Crippen molar-refractivity contribution in [1.29, 1.82) is 10.5 Å². The van der Waals surface area contributed by atoms with Crippen molar-refractivity contribution in [1.82, 2.24) is 19.9 Å². The summed E-state index contributed by atoms with van der Waals surface area (Å²) in [6, 6.07) is 10.4. The van der Waals surface area contributed by atoms with Gasteiger partial charge in [0, 0.05) is 23.4 Å². The smallest absolute Gasteiger partial charge is 0.148 e. The van der Waals surface area contributed by atoms with Gasteiger partial charge in [0.25, 0.3) is 0 Å². The molecule has 0 saturated heterocycles. The van der Waals surface area contributed by atoms with E-state index in [-0.39, 0.29) is 4.64 Å². The third-order valence-corrected chi connectivity index (χ3v) is 5.41. The summed E-state index contributed by atoms with van der Waals surface area (Å²) in [6.45, 7) is 5.77. The van der Waals surface area contributed by atoms with Crippen LogP contribution in [0.2, 0.25) is 0 Å². The highest BCUT2D eigenvalue weighted by molar-refractivity contribution is 7.71. The monoisotopic (exact) mass is 432 g/mol. The van der Waals surface area contributed by atoms with Crippen LogP contribution < -0.4 is 0 Å². The van der Waals surface area contributed by atoms with Gasteiger partial charge in [0.05, 0.1) is 0 Å². The lowest BCUT2D eigenvalue weighted by Gasteiger charge is -2.13. The minimum Gasteiger partial charge on any atom is -0.346 e. The molecule has 0 bridgehead atoms. The molecule has 0 aliphatic heterocycles. The van der Waals surface area contributed by atoms with Gasteiger partial charge in [-0.05, 0) is 37.5 Å². The van der Waals surface area contributed by atoms with Crippen LogP contribution in [0, 0.1) is 45.8 Å². The highest BCUT2D eigenvalue weighted by Gasteiger charge is 2.13. The average Bonchev–Trinajstić information content (AvgIpc) is 2.69. The van der Waals surface area contributed by atoms with Gasteiger partial charge in [0.1, 0.15) is 44.2 Å². The molecule has 2 heterocycles. The summed E-state index contributed by atoms with van der Waals surface area (Å²) in [7, 11) is 0. The number of aromatic nitrogens is 4. The standard InChI is InChI=1S/C22H20N6S2/c1-4-5-14-6-7-15(20-25-12(2)17(10-23)21(29)28-20)8-16(14)9-19-18(11-24)22(30)27-13(3)26-19/h6-8H,4-5,9H2,1-3H3,(H,25,28,29)(H,26,27,30). The van der Waals surface area contributed by atoms with Gasteiger partial charge in [-0.2, -0.15) is 10.5 Å². The molecule has 150 valence electrons. The van der Waals surface area contributed by atoms with Crippen LogP contribution in [0.3, 0.4) is 0 Å². The molecule has 0 radical (unpaired) electrons. The molecule has 1 aromatic carbocycles. The van der Waals surface area contributed by atoms with Crippen molar-refractivity contribution in [2.75, 3.05) is 0 Å². The van der Waals surface area contributed by atoms with Crippen LogP contribution in [0.4, 0.5) is 0 Å². The van der Waals surface area contributed by atoms with Crippen molar-refractivity contribution in [2.45, 2.75) is 40.0 Å². The molecule has 0 aliphatic rings. The van der Waals surface area contributed by atoms with Crippen LogP contribution in [0.15, 0.2) is 18.2 Å². The molecule has 0 aliphatic carbocycles. The second-order valence-corrected chi connectivity index (χ2v) is 7.78. The highest BCUT2D eigenvalue weighted by Crippen LogP contribution is 2.25. The van der Waals surface area contributed by atoms with E-state index in [1.807, 2.05) is 19.9 Å². The Morgan fingerprint density at radius 2 is 1.67 bits per heavy atom. The minimum absolute atomic E-state index is 0.281. The third kappa shape index (κ3) is 4.35. The molecule has 6 nitrogen and oxygen atoms in total. The number of nitrogens with zero attached hydrogens (tertiary/aromatic N) is 4. The Morgan fingerprint density at radius 3 is 2.30 bits per heavy atom. The summed E-state index contributed by atoms with van der Waals surface area (Å²) in [5, 5.41) is 18.8. The molecule has 30 heavy (non-hydrogen) atoms. The van der Waals surface area contributed by atoms with Gasteiger partial charge >= 0.3 is 0 Å². The fourth-order valence-corrected chi connectivity index (χ4v) is 3.99. The Kier molecular flexibility index (Phi) is 6.51. The van der Waals surface area contributed by atoms with Gasteiger partial charge in [0.2, 0.25) is 0 Å². The first-order valence-electron chi connectivity index (χ1n) is 9.51. The number of aryl methyl sites for hydroxylation is 3. The zero-order valence-electron chi connectivity index (χ0n) is 17.0. The van der Waals surface area contributed by atoms with Crippen molar-refractivity contribution in [3.8, 4) is 23.5 Å². The Labute approximate surface area is 185 Å². The van der Waals surface area contributed by atoms with Crippen molar-refractivity contribution in [3.63, 3.8) is 0 Å². The molecule has 2 N–H and O–H groups in total. The van der Waals surface area contributed by atoms with E-state index in [1.165, 1.54) is 5.56 Å². The second-order valence-electron chi connectivity index (χ2n) is 7.01. The van der Waals surface area contributed by atoms with Crippen LogP contribution >= 0.6 is 24.4 Å². The van der Waals surface area contributed by atoms with Crippen LogP contribution in [0.25, 0.3) is 11.4 Å². The van der Waals surface area contributed by atoms with Crippen molar-refractivity contribution in [2.24, 2.45) is 0 Å². The molecular formula is C22H20N6S2. The van der Waals surface area contributed by atoms with Gasteiger partial charge < -0.3 is 9.97 Å². The molecule has 0 unspecified atom stereocenters. The number of nitriles is 2. The van der Waals surface area contributed by atoms with E-state index in [0.717, 1.165) is 29.7 Å². The summed E-state index contributed by atoms with van der Waals surface area (Å²) in [4.78, 5) is 15.0. The van der Waals surface area contributed by atoms with Crippen LogP contribution in [0.5, 0.6) is 0 Å². The first-order valence-corrected chi connectivity index (χ1v) is 10.3. The number of benzene rings is 1. The zero-order chi connectivity index (χ0) is 21.8.